The average molecular weight is 390 g/mol. The molecule has 0 spiro atoms. The lowest BCUT2D eigenvalue weighted by atomic mass is 10.3. The van der Waals surface area contributed by atoms with Gasteiger partial charge in [0.15, 0.2) is 11.4 Å². The van der Waals surface area contributed by atoms with Gasteiger partial charge in [0, 0.05) is 13.7 Å². The van der Waals surface area contributed by atoms with E-state index in [4.69, 9.17) is 14.2 Å². The van der Waals surface area contributed by atoms with E-state index in [1.54, 1.807) is 55.2 Å². The van der Waals surface area contributed by atoms with Crippen LogP contribution in [0, 0.1) is 5.82 Å². The molecule has 0 saturated heterocycles. The normalized spacial score (nSPS) is 11.7. The first-order valence-corrected chi connectivity index (χ1v) is 9.05. The highest BCUT2D eigenvalue weighted by molar-refractivity contribution is 7.16. The monoisotopic (exact) mass is 390 g/mol. The van der Waals surface area contributed by atoms with E-state index in [1.165, 1.54) is 17.4 Å². The molecule has 1 heterocycles. The Balaban J connectivity index is 1.83. The van der Waals surface area contributed by atoms with Crippen LogP contribution in [0.1, 0.15) is 0 Å². The molecule has 0 aliphatic rings. The SMILES string of the molecule is COCCn1c(=NC(=O)COc2ccc(OC)cc2)sc2cccc(F)c21. The Morgan fingerprint density at radius 2 is 1.89 bits per heavy atom. The van der Waals surface area contributed by atoms with Crippen molar-refractivity contribution in [3.63, 3.8) is 0 Å². The summed E-state index contributed by atoms with van der Waals surface area (Å²) >= 11 is 1.25. The van der Waals surface area contributed by atoms with Crippen LogP contribution in [0.4, 0.5) is 4.39 Å². The van der Waals surface area contributed by atoms with Crippen LogP contribution in [0.3, 0.4) is 0 Å². The quantitative estimate of drug-likeness (QED) is 0.622. The smallest absolute Gasteiger partial charge is 0.286 e. The maximum Gasteiger partial charge on any atom is 0.286 e. The molecular weight excluding hydrogens is 371 g/mol. The molecule has 0 atom stereocenters. The van der Waals surface area contributed by atoms with Crippen molar-refractivity contribution in [1.82, 2.24) is 4.57 Å². The molecule has 1 amide bonds. The van der Waals surface area contributed by atoms with Gasteiger partial charge in [-0.3, -0.25) is 4.79 Å². The molecule has 2 aromatic carbocycles. The van der Waals surface area contributed by atoms with Crippen molar-refractivity contribution in [3.05, 3.63) is 53.1 Å². The third-order valence-electron chi connectivity index (χ3n) is 3.81. The van der Waals surface area contributed by atoms with Crippen molar-refractivity contribution in [1.29, 1.82) is 0 Å². The highest BCUT2D eigenvalue weighted by atomic mass is 32.1. The molecule has 1 aromatic heterocycles. The van der Waals surface area contributed by atoms with Gasteiger partial charge < -0.3 is 18.8 Å². The first kappa shape index (κ1) is 19.1. The minimum absolute atomic E-state index is 0.215. The maximum absolute atomic E-state index is 14.2. The lowest BCUT2D eigenvalue weighted by Crippen LogP contribution is -2.21. The number of ether oxygens (including phenoxy) is 3. The number of methoxy groups -OCH3 is 2. The zero-order chi connectivity index (χ0) is 19.2. The Labute approximate surface area is 159 Å². The van der Waals surface area contributed by atoms with Crippen LogP contribution in [0.15, 0.2) is 47.5 Å². The zero-order valence-electron chi connectivity index (χ0n) is 15.0. The van der Waals surface area contributed by atoms with Crippen LogP contribution < -0.4 is 14.3 Å². The molecule has 142 valence electrons. The maximum atomic E-state index is 14.2. The largest absolute Gasteiger partial charge is 0.497 e. The predicted molar refractivity (Wildman–Crippen MR) is 101 cm³/mol. The number of aromatic nitrogens is 1. The summed E-state index contributed by atoms with van der Waals surface area (Å²) in [6, 6.07) is 11.7. The first-order valence-electron chi connectivity index (χ1n) is 8.23. The number of halogens is 1. The third kappa shape index (κ3) is 4.53. The molecule has 0 radical (unpaired) electrons. The second kappa shape index (κ2) is 8.79. The molecule has 0 fully saturated rings. The van der Waals surface area contributed by atoms with Crippen LogP contribution in [-0.2, 0) is 16.1 Å². The molecule has 27 heavy (non-hydrogen) atoms. The second-order valence-electron chi connectivity index (χ2n) is 5.59. The van der Waals surface area contributed by atoms with Gasteiger partial charge in [-0.15, -0.1) is 0 Å². The Kier molecular flexibility index (Phi) is 6.20. The molecule has 3 aromatic rings. The van der Waals surface area contributed by atoms with Crippen molar-refractivity contribution < 1.29 is 23.4 Å². The molecule has 0 unspecified atom stereocenters. The van der Waals surface area contributed by atoms with E-state index in [0.717, 1.165) is 0 Å². The molecule has 8 heteroatoms. The van der Waals surface area contributed by atoms with E-state index < -0.39 is 5.91 Å². The van der Waals surface area contributed by atoms with Gasteiger partial charge in [-0.25, -0.2) is 4.39 Å². The van der Waals surface area contributed by atoms with Crippen molar-refractivity contribution in [2.75, 3.05) is 27.4 Å². The zero-order valence-corrected chi connectivity index (χ0v) is 15.8. The van der Waals surface area contributed by atoms with Crippen molar-refractivity contribution in [2.24, 2.45) is 4.99 Å². The van der Waals surface area contributed by atoms with E-state index in [9.17, 15) is 9.18 Å². The van der Waals surface area contributed by atoms with E-state index in [0.29, 0.717) is 39.7 Å². The highest BCUT2D eigenvalue weighted by Gasteiger charge is 2.12. The van der Waals surface area contributed by atoms with E-state index >= 15 is 0 Å². The van der Waals surface area contributed by atoms with Gasteiger partial charge in [0.1, 0.15) is 17.3 Å². The van der Waals surface area contributed by atoms with Crippen molar-refractivity contribution in [3.8, 4) is 11.5 Å². The van der Waals surface area contributed by atoms with Gasteiger partial charge in [0.25, 0.3) is 5.91 Å². The summed E-state index contributed by atoms with van der Waals surface area (Å²) in [4.78, 5) is 16.8. The van der Waals surface area contributed by atoms with Crippen LogP contribution in [-0.4, -0.2) is 37.9 Å². The molecule has 0 aliphatic heterocycles. The summed E-state index contributed by atoms with van der Waals surface area (Å²) in [5.74, 6) is 0.422. The molecule has 0 saturated carbocycles. The summed E-state index contributed by atoms with van der Waals surface area (Å²) in [5, 5.41) is 0. The topological polar surface area (TPSA) is 62.1 Å². The van der Waals surface area contributed by atoms with Gasteiger partial charge in [-0.2, -0.15) is 4.99 Å². The summed E-state index contributed by atoms with van der Waals surface area (Å²) in [6.07, 6.45) is 0. The molecule has 6 nitrogen and oxygen atoms in total. The molecule has 3 rings (SSSR count). The number of hydrogen-bond donors (Lipinski definition) is 0. The Hall–Kier alpha value is -2.71. The number of fused-ring (bicyclic) bond motifs is 1. The van der Waals surface area contributed by atoms with Gasteiger partial charge in [-0.1, -0.05) is 17.4 Å². The predicted octanol–water partition coefficient (Wildman–Crippen LogP) is 3.00. The van der Waals surface area contributed by atoms with Gasteiger partial charge in [0.2, 0.25) is 0 Å². The number of carbonyl (C=O) groups excluding carboxylic acids is 1. The summed E-state index contributed by atoms with van der Waals surface area (Å²) < 4.78 is 32.2. The minimum Gasteiger partial charge on any atom is -0.497 e. The average Bonchev–Trinajstić information content (AvgIpc) is 3.03. The van der Waals surface area contributed by atoms with Gasteiger partial charge in [0.05, 0.1) is 23.9 Å². The number of nitrogens with zero attached hydrogens (tertiary/aromatic N) is 2. The van der Waals surface area contributed by atoms with E-state index in [2.05, 4.69) is 4.99 Å². The van der Waals surface area contributed by atoms with Crippen molar-refractivity contribution >= 4 is 27.5 Å². The molecule has 0 bridgehead atoms. The Morgan fingerprint density at radius 1 is 1.15 bits per heavy atom. The van der Waals surface area contributed by atoms with Crippen LogP contribution in [0.2, 0.25) is 0 Å². The first-order chi connectivity index (χ1) is 13.1. The number of hydrogen-bond acceptors (Lipinski definition) is 5. The van der Waals surface area contributed by atoms with Gasteiger partial charge in [-0.05, 0) is 36.4 Å². The number of thiazole rings is 1. The summed E-state index contributed by atoms with van der Waals surface area (Å²) in [6.45, 7) is 0.556. The molecule has 0 N–H and O–H groups in total. The minimum atomic E-state index is -0.455. The Bertz CT molecular complexity index is 995. The lowest BCUT2D eigenvalue weighted by Gasteiger charge is -2.06. The fourth-order valence-electron chi connectivity index (χ4n) is 2.52. The van der Waals surface area contributed by atoms with Crippen LogP contribution >= 0.6 is 11.3 Å². The fraction of sp³-hybridized carbons (Fsp3) is 0.263. The lowest BCUT2D eigenvalue weighted by molar-refractivity contribution is -0.120. The Morgan fingerprint density at radius 3 is 2.59 bits per heavy atom. The standard InChI is InChI=1S/C19H19FN2O4S/c1-24-11-10-22-18-15(20)4-3-5-16(18)27-19(22)21-17(23)12-26-14-8-6-13(25-2)7-9-14/h3-9H,10-12H2,1-2H3. The molecule has 0 aliphatic carbocycles. The number of benzene rings is 2. The fourth-order valence-corrected chi connectivity index (χ4v) is 3.61. The second-order valence-corrected chi connectivity index (χ2v) is 6.59. The third-order valence-corrected chi connectivity index (χ3v) is 4.86. The molecular formula is C19H19FN2O4S. The number of amides is 1. The number of rotatable bonds is 7. The van der Waals surface area contributed by atoms with Crippen molar-refractivity contribution in [2.45, 2.75) is 6.54 Å². The van der Waals surface area contributed by atoms with E-state index in [-0.39, 0.29) is 12.4 Å². The highest BCUT2D eigenvalue weighted by Crippen LogP contribution is 2.20. The summed E-state index contributed by atoms with van der Waals surface area (Å²) in [7, 11) is 3.14. The van der Waals surface area contributed by atoms with Crippen LogP contribution in [0.5, 0.6) is 11.5 Å². The number of para-hydroxylation sites is 1. The van der Waals surface area contributed by atoms with E-state index in [1.807, 2.05) is 0 Å². The van der Waals surface area contributed by atoms with Gasteiger partial charge >= 0.3 is 0 Å². The number of carbonyl (C=O) groups is 1. The summed E-state index contributed by atoms with van der Waals surface area (Å²) in [5.41, 5.74) is 0.419. The van der Waals surface area contributed by atoms with Crippen LogP contribution in [0.25, 0.3) is 10.2 Å².